The van der Waals surface area contributed by atoms with Crippen LogP contribution in [0.25, 0.3) is 0 Å². The van der Waals surface area contributed by atoms with Crippen LogP contribution in [0.4, 0.5) is 4.79 Å². The number of pyridine rings is 1. The van der Waals surface area contributed by atoms with Crippen molar-refractivity contribution in [3.8, 4) is 0 Å². The molecule has 0 spiro atoms. The Hall–Kier alpha value is -2.42. The van der Waals surface area contributed by atoms with Crippen LogP contribution in [-0.4, -0.2) is 65.0 Å². The summed E-state index contributed by atoms with van der Waals surface area (Å²) in [6.07, 6.45) is 1.66. The molecule has 0 aliphatic carbocycles. The van der Waals surface area contributed by atoms with E-state index in [-0.39, 0.29) is 54.8 Å². The molecule has 144 valence electrons. The molecular weight excluding hydrogens is 371 g/mol. The third-order valence-corrected chi connectivity index (χ3v) is 3.70. The van der Waals surface area contributed by atoms with E-state index in [0.29, 0.717) is 6.42 Å². The summed E-state index contributed by atoms with van der Waals surface area (Å²) in [5, 5.41) is 5.14. The molecule has 0 aliphatic heterocycles. The van der Waals surface area contributed by atoms with Crippen molar-refractivity contribution in [1.29, 1.82) is 0 Å². The van der Waals surface area contributed by atoms with E-state index in [9.17, 15) is 14.4 Å². The number of amides is 3. The van der Waals surface area contributed by atoms with Crippen molar-refractivity contribution in [2.45, 2.75) is 25.5 Å². The molecule has 0 saturated carbocycles. The molecule has 0 fully saturated rings. The molecule has 1 aromatic heterocycles. The molecule has 9 heteroatoms. The van der Waals surface area contributed by atoms with E-state index in [4.69, 9.17) is 10.5 Å². The molecule has 1 atom stereocenters. The molecule has 2 aromatic rings. The summed E-state index contributed by atoms with van der Waals surface area (Å²) >= 11 is 0. The predicted molar refractivity (Wildman–Crippen MR) is 106 cm³/mol. The van der Waals surface area contributed by atoms with E-state index in [1.165, 1.54) is 12.3 Å². The van der Waals surface area contributed by atoms with Crippen LogP contribution in [-0.2, 0) is 16.1 Å². The van der Waals surface area contributed by atoms with Crippen LogP contribution in [0, 0.1) is 0 Å². The molecule has 4 N–H and O–H groups in total. The van der Waals surface area contributed by atoms with E-state index >= 15 is 0 Å². The SMILES string of the molecule is NC(=O)C(CCCNC(=O)OCc1ccccc1)NC(=O)c1ccccn1.[NaH]. The van der Waals surface area contributed by atoms with Gasteiger partial charge in [-0.1, -0.05) is 36.4 Å². The Morgan fingerprint density at radius 2 is 1.79 bits per heavy atom. The van der Waals surface area contributed by atoms with Crippen LogP contribution in [0.5, 0.6) is 0 Å². The van der Waals surface area contributed by atoms with Gasteiger partial charge < -0.3 is 21.1 Å². The third kappa shape index (κ3) is 8.51. The summed E-state index contributed by atoms with van der Waals surface area (Å²) in [4.78, 5) is 39.2. The van der Waals surface area contributed by atoms with Crippen LogP contribution < -0.4 is 16.4 Å². The van der Waals surface area contributed by atoms with Crippen LogP contribution in [0.3, 0.4) is 0 Å². The van der Waals surface area contributed by atoms with Crippen molar-refractivity contribution in [3.63, 3.8) is 0 Å². The fraction of sp³-hybridized carbons (Fsp3) is 0.263. The van der Waals surface area contributed by atoms with Crippen molar-refractivity contribution >= 4 is 47.5 Å². The summed E-state index contributed by atoms with van der Waals surface area (Å²) in [6, 6.07) is 13.4. The Balaban J connectivity index is 0.00000392. The Kier molecular flexibility index (Phi) is 10.9. The number of primary amides is 1. The zero-order valence-corrected chi connectivity index (χ0v) is 14.8. The summed E-state index contributed by atoms with van der Waals surface area (Å²) in [6.45, 7) is 0.466. The number of benzene rings is 1. The van der Waals surface area contributed by atoms with Gasteiger partial charge in [0.2, 0.25) is 5.91 Å². The average Bonchev–Trinajstić information content (AvgIpc) is 2.69. The van der Waals surface area contributed by atoms with Crippen LogP contribution in [0.1, 0.15) is 28.9 Å². The minimum absolute atomic E-state index is 0. The van der Waals surface area contributed by atoms with Crippen molar-refractivity contribution in [2.75, 3.05) is 6.54 Å². The molecule has 2 rings (SSSR count). The van der Waals surface area contributed by atoms with Gasteiger partial charge in [0.1, 0.15) is 18.3 Å². The fourth-order valence-electron chi connectivity index (χ4n) is 2.29. The summed E-state index contributed by atoms with van der Waals surface area (Å²) in [7, 11) is 0. The maximum atomic E-state index is 12.0. The van der Waals surface area contributed by atoms with E-state index in [1.807, 2.05) is 30.3 Å². The second-order valence-electron chi connectivity index (χ2n) is 5.77. The average molecular weight is 394 g/mol. The number of carbonyl (C=O) groups excluding carboxylic acids is 3. The Labute approximate surface area is 185 Å². The molecule has 0 bridgehead atoms. The quantitative estimate of drug-likeness (QED) is 0.427. The van der Waals surface area contributed by atoms with Gasteiger partial charge in [-0.05, 0) is 30.5 Å². The Morgan fingerprint density at radius 1 is 1.07 bits per heavy atom. The van der Waals surface area contributed by atoms with Crippen molar-refractivity contribution in [2.24, 2.45) is 5.73 Å². The number of carbonyl (C=O) groups is 3. The number of nitrogens with two attached hydrogens (primary N) is 1. The van der Waals surface area contributed by atoms with Gasteiger partial charge >= 0.3 is 35.7 Å². The third-order valence-electron chi connectivity index (χ3n) is 3.70. The fourth-order valence-corrected chi connectivity index (χ4v) is 2.29. The van der Waals surface area contributed by atoms with Gasteiger partial charge in [0.15, 0.2) is 0 Å². The number of hydrogen-bond donors (Lipinski definition) is 3. The van der Waals surface area contributed by atoms with Crippen molar-refractivity contribution in [1.82, 2.24) is 15.6 Å². The van der Waals surface area contributed by atoms with Crippen molar-refractivity contribution in [3.05, 3.63) is 66.0 Å². The predicted octanol–water partition coefficient (Wildman–Crippen LogP) is 0.723. The number of nitrogens with one attached hydrogen (secondary N) is 2. The van der Waals surface area contributed by atoms with Gasteiger partial charge in [0.05, 0.1) is 0 Å². The zero-order chi connectivity index (χ0) is 19.5. The summed E-state index contributed by atoms with van der Waals surface area (Å²) in [5.74, 6) is -1.12. The van der Waals surface area contributed by atoms with Crippen LogP contribution in [0.2, 0.25) is 0 Å². The number of rotatable bonds is 9. The van der Waals surface area contributed by atoms with Gasteiger partial charge in [0, 0.05) is 12.7 Å². The van der Waals surface area contributed by atoms with Gasteiger partial charge in [0.25, 0.3) is 5.91 Å². The monoisotopic (exact) mass is 394 g/mol. The molecule has 1 aromatic carbocycles. The molecule has 0 radical (unpaired) electrons. The van der Waals surface area contributed by atoms with E-state index in [1.54, 1.807) is 12.1 Å². The Bertz CT molecular complexity index is 759. The van der Waals surface area contributed by atoms with E-state index in [0.717, 1.165) is 5.56 Å². The molecule has 1 unspecified atom stereocenters. The number of nitrogens with zero attached hydrogens (tertiary/aromatic N) is 1. The number of ether oxygens (including phenoxy) is 1. The standard InChI is InChI=1S/C19H22N4O4.Na.H/c20-17(24)15(23-18(25)16-9-4-5-11-21-16)10-6-12-22-19(26)27-13-14-7-2-1-3-8-14;;/h1-5,7-9,11,15H,6,10,12-13H2,(H2,20,24)(H,22,26)(H,23,25);;. The molecule has 8 nitrogen and oxygen atoms in total. The first kappa shape index (κ1) is 23.6. The van der Waals surface area contributed by atoms with Gasteiger partial charge in [-0.3, -0.25) is 14.6 Å². The normalized spacial score (nSPS) is 10.9. The molecular formula is C19H23N4NaO4. The second-order valence-corrected chi connectivity index (χ2v) is 5.77. The molecule has 0 saturated heterocycles. The van der Waals surface area contributed by atoms with Gasteiger partial charge in [-0.2, -0.15) is 0 Å². The molecule has 28 heavy (non-hydrogen) atoms. The second kappa shape index (κ2) is 12.9. The van der Waals surface area contributed by atoms with Gasteiger partial charge in [-0.25, -0.2) is 4.79 Å². The number of alkyl carbamates (subject to hydrolysis) is 1. The van der Waals surface area contributed by atoms with Crippen molar-refractivity contribution < 1.29 is 19.1 Å². The molecule has 0 aliphatic rings. The number of aromatic nitrogens is 1. The summed E-state index contributed by atoms with van der Waals surface area (Å²) < 4.78 is 5.09. The topological polar surface area (TPSA) is 123 Å². The Morgan fingerprint density at radius 3 is 2.43 bits per heavy atom. The summed E-state index contributed by atoms with van der Waals surface area (Å²) in [5.41, 5.74) is 6.42. The van der Waals surface area contributed by atoms with E-state index in [2.05, 4.69) is 15.6 Å². The first-order valence-corrected chi connectivity index (χ1v) is 8.52. The molecule has 1 heterocycles. The molecule has 3 amide bonds. The van der Waals surface area contributed by atoms with Crippen LogP contribution >= 0.6 is 0 Å². The minimum atomic E-state index is -0.846. The first-order valence-electron chi connectivity index (χ1n) is 8.52. The van der Waals surface area contributed by atoms with E-state index < -0.39 is 23.9 Å². The zero-order valence-electron chi connectivity index (χ0n) is 14.8. The van der Waals surface area contributed by atoms with Crippen LogP contribution in [0.15, 0.2) is 54.7 Å². The van der Waals surface area contributed by atoms with Gasteiger partial charge in [-0.15, -0.1) is 0 Å². The first-order chi connectivity index (χ1) is 13.1. The number of hydrogen-bond acceptors (Lipinski definition) is 5. The maximum absolute atomic E-state index is 12.0.